The van der Waals surface area contributed by atoms with Crippen LogP contribution in [0.15, 0.2) is 30.3 Å². The first-order valence-corrected chi connectivity index (χ1v) is 8.23. The smallest absolute Gasteiger partial charge is 0.0450 e. The van der Waals surface area contributed by atoms with E-state index in [0.717, 1.165) is 5.92 Å². The molecule has 1 unspecified atom stereocenters. The summed E-state index contributed by atoms with van der Waals surface area (Å²) < 4.78 is 0. The highest BCUT2D eigenvalue weighted by atomic mass is 15.3. The molecule has 0 radical (unpaired) electrons. The molecule has 2 nitrogen and oxygen atoms in total. The summed E-state index contributed by atoms with van der Waals surface area (Å²) in [6, 6.07) is 11.4. The number of hydrogen-bond donors (Lipinski definition) is 1. The van der Waals surface area contributed by atoms with Gasteiger partial charge in [0.15, 0.2) is 0 Å². The molecule has 1 aromatic rings. The van der Waals surface area contributed by atoms with Crippen molar-refractivity contribution >= 4 is 0 Å². The van der Waals surface area contributed by atoms with E-state index < -0.39 is 0 Å². The summed E-state index contributed by atoms with van der Waals surface area (Å²) in [5.74, 6) is 0.752. The molecule has 2 heteroatoms. The third-order valence-corrected chi connectivity index (χ3v) is 5.07. The van der Waals surface area contributed by atoms with Crippen molar-refractivity contribution in [2.75, 3.05) is 19.6 Å². The van der Waals surface area contributed by atoms with E-state index in [1.807, 2.05) is 0 Å². The lowest BCUT2D eigenvalue weighted by molar-refractivity contribution is 0.0328. The molecule has 1 N–H and O–H groups in total. The van der Waals surface area contributed by atoms with Crippen LogP contribution in [0.5, 0.6) is 0 Å². The van der Waals surface area contributed by atoms with Gasteiger partial charge in [-0.2, -0.15) is 0 Å². The highest BCUT2D eigenvalue weighted by Gasteiger charge is 2.43. The van der Waals surface area contributed by atoms with E-state index in [-0.39, 0.29) is 0 Å². The zero-order valence-electron chi connectivity index (χ0n) is 12.9. The average molecular weight is 272 g/mol. The summed E-state index contributed by atoms with van der Waals surface area (Å²) in [6.07, 6.45) is 5.58. The Balaban J connectivity index is 1.77. The molecule has 0 bridgehead atoms. The summed E-state index contributed by atoms with van der Waals surface area (Å²) in [6.45, 7) is 8.27. The van der Waals surface area contributed by atoms with Crippen LogP contribution < -0.4 is 5.32 Å². The second-order valence-corrected chi connectivity index (χ2v) is 7.07. The fourth-order valence-electron chi connectivity index (χ4n) is 4.05. The molecule has 1 aliphatic carbocycles. The number of hydrogen-bond acceptors (Lipinski definition) is 2. The van der Waals surface area contributed by atoms with Gasteiger partial charge in [-0.05, 0) is 24.3 Å². The van der Waals surface area contributed by atoms with Crippen LogP contribution in [0.25, 0.3) is 0 Å². The van der Waals surface area contributed by atoms with Crippen molar-refractivity contribution in [2.24, 2.45) is 5.92 Å². The lowest BCUT2D eigenvalue weighted by Gasteiger charge is -2.49. The number of nitrogens with zero attached hydrogens (tertiary/aromatic N) is 1. The summed E-state index contributed by atoms with van der Waals surface area (Å²) in [7, 11) is 0. The molecule has 2 fully saturated rings. The molecule has 0 aromatic heterocycles. The SMILES string of the molecule is CC(C)CN1CC(c2ccccc2)NCC12CCCC2. The van der Waals surface area contributed by atoms with E-state index in [0.29, 0.717) is 11.6 Å². The quantitative estimate of drug-likeness (QED) is 0.904. The molecule has 1 aromatic carbocycles. The normalized spacial score (nSPS) is 26.4. The van der Waals surface area contributed by atoms with Crippen LogP contribution in [-0.4, -0.2) is 30.1 Å². The number of rotatable bonds is 3. The van der Waals surface area contributed by atoms with E-state index in [9.17, 15) is 0 Å². The molecule has 1 heterocycles. The first-order chi connectivity index (χ1) is 9.70. The van der Waals surface area contributed by atoms with Gasteiger partial charge in [0.1, 0.15) is 0 Å². The first kappa shape index (κ1) is 14.1. The minimum atomic E-state index is 0.454. The molecule has 110 valence electrons. The number of benzene rings is 1. The minimum absolute atomic E-state index is 0.454. The Morgan fingerprint density at radius 2 is 1.90 bits per heavy atom. The fraction of sp³-hybridized carbons (Fsp3) is 0.667. The monoisotopic (exact) mass is 272 g/mol. The van der Waals surface area contributed by atoms with Crippen LogP contribution in [0.4, 0.5) is 0 Å². The Hall–Kier alpha value is -0.860. The molecule has 1 saturated carbocycles. The molecular weight excluding hydrogens is 244 g/mol. The average Bonchev–Trinajstić information content (AvgIpc) is 2.91. The van der Waals surface area contributed by atoms with E-state index in [2.05, 4.69) is 54.4 Å². The molecular formula is C18H28N2. The van der Waals surface area contributed by atoms with Gasteiger partial charge in [0, 0.05) is 31.2 Å². The molecule has 1 spiro atoms. The van der Waals surface area contributed by atoms with Gasteiger partial charge < -0.3 is 5.32 Å². The predicted molar refractivity (Wildman–Crippen MR) is 84.8 cm³/mol. The zero-order chi connectivity index (χ0) is 14.0. The van der Waals surface area contributed by atoms with Crippen molar-refractivity contribution in [3.63, 3.8) is 0 Å². The van der Waals surface area contributed by atoms with Gasteiger partial charge in [-0.25, -0.2) is 0 Å². The Labute approximate surface area is 123 Å². The molecule has 1 saturated heterocycles. The predicted octanol–water partition coefficient (Wildman–Crippen LogP) is 3.60. The van der Waals surface area contributed by atoms with Gasteiger partial charge in [-0.1, -0.05) is 57.0 Å². The van der Waals surface area contributed by atoms with Crippen LogP contribution in [0.1, 0.15) is 51.1 Å². The van der Waals surface area contributed by atoms with E-state index in [4.69, 9.17) is 0 Å². The maximum atomic E-state index is 3.83. The number of nitrogens with one attached hydrogen (secondary N) is 1. The third-order valence-electron chi connectivity index (χ3n) is 5.07. The largest absolute Gasteiger partial charge is 0.307 e. The van der Waals surface area contributed by atoms with Gasteiger partial charge in [0.25, 0.3) is 0 Å². The Kier molecular flexibility index (Phi) is 4.13. The Morgan fingerprint density at radius 3 is 2.55 bits per heavy atom. The van der Waals surface area contributed by atoms with Gasteiger partial charge in [0.05, 0.1) is 0 Å². The highest BCUT2D eigenvalue weighted by Crippen LogP contribution is 2.39. The van der Waals surface area contributed by atoms with Crippen LogP contribution in [0.2, 0.25) is 0 Å². The van der Waals surface area contributed by atoms with Gasteiger partial charge in [0.2, 0.25) is 0 Å². The highest BCUT2D eigenvalue weighted by molar-refractivity contribution is 5.21. The second-order valence-electron chi connectivity index (χ2n) is 7.07. The molecule has 2 aliphatic rings. The van der Waals surface area contributed by atoms with E-state index >= 15 is 0 Å². The van der Waals surface area contributed by atoms with Crippen molar-refractivity contribution < 1.29 is 0 Å². The number of piperazine rings is 1. The lowest BCUT2D eigenvalue weighted by Crippen LogP contribution is -2.61. The van der Waals surface area contributed by atoms with Crippen molar-refractivity contribution in [3.8, 4) is 0 Å². The van der Waals surface area contributed by atoms with Crippen LogP contribution in [0, 0.1) is 5.92 Å². The summed E-state index contributed by atoms with van der Waals surface area (Å²) in [5.41, 5.74) is 1.89. The molecule has 1 aliphatic heterocycles. The summed E-state index contributed by atoms with van der Waals surface area (Å²) in [5, 5.41) is 3.83. The van der Waals surface area contributed by atoms with Gasteiger partial charge in [-0.3, -0.25) is 4.90 Å². The molecule has 1 atom stereocenters. The maximum Gasteiger partial charge on any atom is 0.0450 e. The van der Waals surface area contributed by atoms with Crippen LogP contribution in [0.3, 0.4) is 0 Å². The lowest BCUT2D eigenvalue weighted by atomic mass is 9.88. The van der Waals surface area contributed by atoms with Crippen LogP contribution in [-0.2, 0) is 0 Å². The fourth-order valence-corrected chi connectivity index (χ4v) is 4.05. The third kappa shape index (κ3) is 2.77. The summed E-state index contributed by atoms with van der Waals surface area (Å²) >= 11 is 0. The molecule has 20 heavy (non-hydrogen) atoms. The topological polar surface area (TPSA) is 15.3 Å². The minimum Gasteiger partial charge on any atom is -0.307 e. The Morgan fingerprint density at radius 1 is 1.20 bits per heavy atom. The van der Waals surface area contributed by atoms with E-state index in [1.165, 1.54) is 50.9 Å². The summed E-state index contributed by atoms with van der Waals surface area (Å²) in [4.78, 5) is 2.80. The Bertz CT molecular complexity index is 420. The molecule has 0 amide bonds. The van der Waals surface area contributed by atoms with Crippen molar-refractivity contribution in [2.45, 2.75) is 51.1 Å². The van der Waals surface area contributed by atoms with Crippen molar-refractivity contribution in [1.82, 2.24) is 10.2 Å². The zero-order valence-corrected chi connectivity index (χ0v) is 12.9. The second kappa shape index (κ2) is 5.87. The van der Waals surface area contributed by atoms with E-state index in [1.54, 1.807) is 0 Å². The van der Waals surface area contributed by atoms with Crippen molar-refractivity contribution in [1.29, 1.82) is 0 Å². The van der Waals surface area contributed by atoms with Gasteiger partial charge in [-0.15, -0.1) is 0 Å². The van der Waals surface area contributed by atoms with Crippen molar-refractivity contribution in [3.05, 3.63) is 35.9 Å². The molecule has 3 rings (SSSR count). The maximum absolute atomic E-state index is 3.83. The first-order valence-electron chi connectivity index (χ1n) is 8.23. The van der Waals surface area contributed by atoms with Gasteiger partial charge >= 0.3 is 0 Å². The van der Waals surface area contributed by atoms with Crippen LogP contribution >= 0.6 is 0 Å². The standard InChI is InChI=1S/C18H28N2/c1-15(2)12-20-13-17(16-8-4-3-5-9-16)19-14-18(20)10-6-7-11-18/h3-5,8-9,15,17,19H,6-7,10-14H2,1-2H3.